The number of amides is 6. The minimum Gasteiger partial charge on any atom is -0.497 e. The third-order valence-electron chi connectivity index (χ3n) is 9.45. The SMILES string of the molecule is COc1ccc(C[C@@H]2NC(=O)[C@H](CC(C)C)NC(=O)[C@@H](Cc3c[nH]c4ccccc34)NC(=O)CN(C(=O)CO)C[C@H](C(C)C)NC(=O)[C@@H](C)NC2=O)cc1. The molecular weight excluding hydrogens is 694 g/mol. The molecule has 1 fully saturated rings. The Morgan fingerprint density at radius 1 is 0.815 bits per heavy atom. The van der Waals surface area contributed by atoms with Gasteiger partial charge in [-0.1, -0.05) is 58.0 Å². The van der Waals surface area contributed by atoms with Crippen LogP contribution in [0, 0.1) is 11.8 Å². The summed E-state index contributed by atoms with van der Waals surface area (Å²) in [5.74, 6) is -3.58. The van der Waals surface area contributed by atoms with Crippen LogP contribution in [0.25, 0.3) is 10.9 Å². The van der Waals surface area contributed by atoms with Crippen molar-refractivity contribution in [1.82, 2.24) is 36.5 Å². The molecule has 2 aromatic carbocycles. The molecule has 54 heavy (non-hydrogen) atoms. The number of carbonyl (C=O) groups excluding carboxylic acids is 6. The molecule has 2 heterocycles. The smallest absolute Gasteiger partial charge is 0.248 e. The number of nitrogens with zero attached hydrogens (tertiary/aromatic N) is 1. The molecule has 0 aliphatic carbocycles. The van der Waals surface area contributed by atoms with Crippen LogP contribution in [0.3, 0.4) is 0 Å². The maximum atomic E-state index is 14.2. The summed E-state index contributed by atoms with van der Waals surface area (Å²) in [6.45, 7) is 7.35. The van der Waals surface area contributed by atoms with Crippen molar-refractivity contribution in [1.29, 1.82) is 0 Å². The molecule has 0 bridgehead atoms. The Bertz CT molecular complexity index is 1790. The Kier molecular flexibility index (Phi) is 14.6. The van der Waals surface area contributed by atoms with Crippen LogP contribution in [0.2, 0.25) is 0 Å². The topological polar surface area (TPSA) is 211 Å². The monoisotopic (exact) mass is 747 g/mol. The molecule has 0 spiro atoms. The number of para-hydroxylation sites is 1. The fraction of sp³-hybridized carbons (Fsp3) is 0.487. The molecule has 1 saturated heterocycles. The van der Waals surface area contributed by atoms with Gasteiger partial charge < -0.3 is 46.3 Å². The summed E-state index contributed by atoms with van der Waals surface area (Å²) in [7, 11) is 1.53. The van der Waals surface area contributed by atoms with E-state index in [1.807, 2.05) is 52.0 Å². The lowest BCUT2D eigenvalue weighted by Crippen LogP contribution is -2.60. The number of ether oxygens (including phenoxy) is 1. The van der Waals surface area contributed by atoms with Gasteiger partial charge in [-0.2, -0.15) is 0 Å². The quantitative estimate of drug-likeness (QED) is 0.167. The first-order valence-electron chi connectivity index (χ1n) is 18.3. The Morgan fingerprint density at radius 3 is 2.09 bits per heavy atom. The highest BCUT2D eigenvalue weighted by Gasteiger charge is 2.33. The first-order valence-corrected chi connectivity index (χ1v) is 18.3. The second-order valence-corrected chi connectivity index (χ2v) is 14.5. The fourth-order valence-electron chi connectivity index (χ4n) is 6.30. The molecule has 0 radical (unpaired) electrons. The van der Waals surface area contributed by atoms with Crippen molar-refractivity contribution >= 4 is 46.3 Å². The molecule has 1 aromatic heterocycles. The summed E-state index contributed by atoms with van der Waals surface area (Å²) in [4.78, 5) is 86.4. The van der Waals surface area contributed by atoms with Crippen molar-refractivity contribution in [3.63, 3.8) is 0 Å². The second-order valence-electron chi connectivity index (χ2n) is 14.5. The minimum atomic E-state index is -1.19. The van der Waals surface area contributed by atoms with Crippen LogP contribution in [-0.2, 0) is 41.6 Å². The number of aliphatic hydroxyl groups excluding tert-OH is 1. The third kappa shape index (κ3) is 11.3. The Morgan fingerprint density at radius 2 is 1.44 bits per heavy atom. The number of H-pyrrole nitrogens is 1. The summed E-state index contributed by atoms with van der Waals surface area (Å²) >= 11 is 0. The predicted molar refractivity (Wildman–Crippen MR) is 202 cm³/mol. The van der Waals surface area contributed by atoms with Crippen LogP contribution in [0.1, 0.15) is 52.2 Å². The molecule has 5 atom stereocenters. The molecule has 6 amide bonds. The largest absolute Gasteiger partial charge is 0.497 e. The van der Waals surface area contributed by atoms with Crippen molar-refractivity contribution in [2.45, 2.75) is 84.1 Å². The average molecular weight is 748 g/mol. The normalized spacial score (nSPS) is 22.5. The van der Waals surface area contributed by atoms with E-state index in [0.717, 1.165) is 21.4 Å². The zero-order valence-electron chi connectivity index (χ0n) is 31.7. The molecule has 4 rings (SSSR count). The number of rotatable bonds is 9. The van der Waals surface area contributed by atoms with E-state index in [0.29, 0.717) is 11.3 Å². The van der Waals surface area contributed by atoms with Crippen molar-refractivity contribution < 1.29 is 38.6 Å². The molecular formula is C39H53N7O8. The van der Waals surface area contributed by atoms with Crippen molar-refractivity contribution in [2.24, 2.45) is 11.8 Å². The van der Waals surface area contributed by atoms with Crippen LogP contribution < -0.4 is 31.3 Å². The van der Waals surface area contributed by atoms with Gasteiger partial charge in [0.15, 0.2) is 0 Å². The lowest BCUT2D eigenvalue weighted by Gasteiger charge is -2.32. The van der Waals surface area contributed by atoms with Crippen LogP contribution in [0.5, 0.6) is 5.75 Å². The van der Waals surface area contributed by atoms with Gasteiger partial charge in [0.2, 0.25) is 35.4 Å². The molecule has 0 unspecified atom stereocenters. The summed E-state index contributed by atoms with van der Waals surface area (Å²) in [5.41, 5.74) is 2.26. The molecule has 1 aliphatic heterocycles. The van der Waals surface area contributed by atoms with Gasteiger partial charge in [0, 0.05) is 42.5 Å². The van der Waals surface area contributed by atoms with Crippen LogP contribution >= 0.6 is 0 Å². The molecule has 292 valence electrons. The highest BCUT2D eigenvalue weighted by atomic mass is 16.5. The Hall–Kier alpha value is -5.44. The first-order chi connectivity index (χ1) is 25.7. The van der Waals surface area contributed by atoms with Gasteiger partial charge in [-0.05, 0) is 54.5 Å². The molecule has 7 N–H and O–H groups in total. The zero-order chi connectivity index (χ0) is 39.5. The fourth-order valence-corrected chi connectivity index (χ4v) is 6.30. The van der Waals surface area contributed by atoms with E-state index in [-0.39, 0.29) is 37.6 Å². The zero-order valence-corrected chi connectivity index (χ0v) is 31.7. The Balaban J connectivity index is 1.75. The van der Waals surface area contributed by atoms with Crippen molar-refractivity contribution in [3.05, 3.63) is 65.9 Å². The van der Waals surface area contributed by atoms with Gasteiger partial charge in [0.1, 0.15) is 36.5 Å². The number of aromatic nitrogens is 1. The van der Waals surface area contributed by atoms with E-state index in [2.05, 4.69) is 31.6 Å². The summed E-state index contributed by atoms with van der Waals surface area (Å²) in [6, 6.07) is 9.28. The van der Waals surface area contributed by atoms with Gasteiger partial charge in [-0.3, -0.25) is 28.8 Å². The number of methoxy groups -OCH3 is 1. The predicted octanol–water partition coefficient (Wildman–Crippen LogP) is 0.942. The number of fused-ring (bicyclic) bond motifs is 1. The van der Waals surface area contributed by atoms with Crippen molar-refractivity contribution in [3.8, 4) is 5.75 Å². The van der Waals surface area contributed by atoms with E-state index in [1.54, 1.807) is 30.5 Å². The van der Waals surface area contributed by atoms with E-state index < -0.39 is 78.8 Å². The highest BCUT2D eigenvalue weighted by molar-refractivity contribution is 5.96. The van der Waals surface area contributed by atoms with Gasteiger partial charge in [0.05, 0.1) is 13.7 Å². The van der Waals surface area contributed by atoms with Crippen LogP contribution in [-0.4, -0.2) is 107 Å². The summed E-state index contributed by atoms with van der Waals surface area (Å²) in [5, 5.41) is 24.6. The molecule has 3 aromatic rings. The molecule has 1 aliphatic rings. The number of nitrogens with one attached hydrogen (secondary N) is 6. The average Bonchev–Trinajstić information content (AvgIpc) is 3.54. The maximum absolute atomic E-state index is 14.2. The maximum Gasteiger partial charge on any atom is 0.248 e. The van der Waals surface area contributed by atoms with Gasteiger partial charge in [-0.25, -0.2) is 0 Å². The number of benzene rings is 2. The lowest BCUT2D eigenvalue weighted by atomic mass is 9.99. The summed E-state index contributed by atoms with van der Waals surface area (Å²) < 4.78 is 5.26. The van der Waals surface area contributed by atoms with E-state index >= 15 is 0 Å². The molecule has 15 nitrogen and oxygen atoms in total. The number of carbonyl (C=O) groups is 6. The highest BCUT2D eigenvalue weighted by Crippen LogP contribution is 2.20. The molecule has 0 saturated carbocycles. The van der Waals surface area contributed by atoms with E-state index in [4.69, 9.17) is 4.74 Å². The number of aliphatic hydroxyl groups is 1. The molecule has 15 heteroatoms. The van der Waals surface area contributed by atoms with E-state index in [1.165, 1.54) is 14.0 Å². The van der Waals surface area contributed by atoms with Crippen LogP contribution in [0.4, 0.5) is 0 Å². The third-order valence-corrected chi connectivity index (χ3v) is 9.45. The van der Waals surface area contributed by atoms with Gasteiger partial charge in [-0.15, -0.1) is 0 Å². The Labute approximate surface area is 315 Å². The first kappa shape index (κ1) is 41.3. The van der Waals surface area contributed by atoms with Gasteiger partial charge in [0.25, 0.3) is 0 Å². The lowest BCUT2D eigenvalue weighted by molar-refractivity contribution is -0.140. The standard InChI is InChI=1S/C39H53N7O8/c1-22(2)15-30-38(52)44-31(16-25-11-13-27(54-6)14-12-25)37(51)41-24(5)36(50)45-33(23(3)4)19-46(35(49)21-47)20-34(48)42-32(39(53)43-30)17-26-18-40-29-10-8-7-9-28(26)29/h7-14,18,22-24,30-33,40,47H,15-17,19-21H2,1-6H3,(H,41,51)(H,42,48)(H,43,53)(H,44,52)(H,45,50)/t24-,30+,31+,32-,33-/m1/s1. The van der Waals surface area contributed by atoms with Gasteiger partial charge >= 0.3 is 0 Å². The van der Waals surface area contributed by atoms with Crippen LogP contribution in [0.15, 0.2) is 54.7 Å². The van der Waals surface area contributed by atoms with Crippen molar-refractivity contribution in [2.75, 3.05) is 26.8 Å². The number of hydrogen-bond acceptors (Lipinski definition) is 8. The number of aromatic amines is 1. The minimum absolute atomic E-state index is 0.0383. The van der Waals surface area contributed by atoms with E-state index in [9.17, 15) is 33.9 Å². The second kappa shape index (κ2) is 19.1. The number of hydrogen-bond donors (Lipinski definition) is 7. The summed E-state index contributed by atoms with van der Waals surface area (Å²) in [6.07, 6.45) is 2.05.